The lowest BCUT2D eigenvalue weighted by atomic mass is 10.2. The number of hydrogen-bond donors (Lipinski definition) is 2. The zero-order valence-electron chi connectivity index (χ0n) is 17.7. The van der Waals surface area contributed by atoms with E-state index in [9.17, 15) is 13.2 Å². The van der Waals surface area contributed by atoms with Crippen LogP contribution in [0.15, 0.2) is 84.8 Å². The van der Waals surface area contributed by atoms with Crippen LogP contribution in [0.5, 0.6) is 5.75 Å². The van der Waals surface area contributed by atoms with Gasteiger partial charge in [0.15, 0.2) is 5.11 Å². The summed E-state index contributed by atoms with van der Waals surface area (Å²) in [4.78, 5) is 12.2. The number of nitrogens with zero attached hydrogens (tertiary/aromatic N) is 1. The summed E-state index contributed by atoms with van der Waals surface area (Å²) in [5.41, 5.74) is 1.37. The lowest BCUT2D eigenvalue weighted by molar-refractivity contribution is -0.115. The molecule has 2 N–H and O–H groups in total. The van der Waals surface area contributed by atoms with Crippen LogP contribution in [-0.2, 0) is 14.8 Å². The molecule has 2 aromatic carbocycles. The first kappa shape index (κ1) is 25.0. The van der Waals surface area contributed by atoms with Crippen molar-refractivity contribution in [2.24, 2.45) is 0 Å². The lowest BCUT2D eigenvalue weighted by Gasteiger charge is -2.19. The Balaban J connectivity index is 1.96. The average Bonchev–Trinajstić information content (AvgIpc) is 2.78. The van der Waals surface area contributed by atoms with Gasteiger partial charge in [-0.1, -0.05) is 24.3 Å². The Morgan fingerprint density at radius 1 is 1.06 bits per heavy atom. The highest BCUT2D eigenvalue weighted by Crippen LogP contribution is 2.18. The van der Waals surface area contributed by atoms with Crippen LogP contribution in [0.4, 0.5) is 5.69 Å². The van der Waals surface area contributed by atoms with Crippen LogP contribution in [0.2, 0.25) is 0 Å². The Labute approximate surface area is 194 Å². The van der Waals surface area contributed by atoms with Crippen molar-refractivity contribution in [1.29, 1.82) is 0 Å². The zero-order chi connectivity index (χ0) is 23.6. The first-order valence-corrected chi connectivity index (χ1v) is 11.4. The fraction of sp³-hybridized carbons (Fsp3) is 0.130. The predicted octanol–water partition coefficient (Wildman–Crippen LogP) is 3.58. The molecule has 7 nitrogen and oxygen atoms in total. The number of nitrogens with one attached hydrogen (secondary N) is 2. The standard InChI is InChI=1S/C23H25N3O4S2/c1-4-16-26(17-5-2)32(28,29)21-13-9-19(10-14-21)24-23(31)25-22(27)15-8-18-6-11-20(30-3)12-7-18/h4-15H,1-2,16-17H2,3H3,(H2,24,25,27,31)/b15-8-. The Bertz CT molecular complexity index is 1080. The van der Waals surface area contributed by atoms with Gasteiger partial charge in [0.05, 0.1) is 12.0 Å². The maximum Gasteiger partial charge on any atom is 0.250 e. The minimum absolute atomic E-state index is 0.0879. The third-order valence-electron chi connectivity index (χ3n) is 4.20. The van der Waals surface area contributed by atoms with Crippen LogP contribution in [0, 0.1) is 0 Å². The maximum absolute atomic E-state index is 12.7. The molecule has 2 rings (SSSR count). The highest BCUT2D eigenvalue weighted by atomic mass is 32.2. The molecule has 0 bridgehead atoms. The molecule has 0 spiro atoms. The third-order valence-corrected chi connectivity index (χ3v) is 6.25. The molecular formula is C23H25N3O4S2. The van der Waals surface area contributed by atoms with E-state index in [1.807, 2.05) is 12.1 Å². The minimum atomic E-state index is -3.68. The summed E-state index contributed by atoms with van der Waals surface area (Å²) in [7, 11) is -2.10. The molecule has 32 heavy (non-hydrogen) atoms. The highest BCUT2D eigenvalue weighted by molar-refractivity contribution is 7.89. The highest BCUT2D eigenvalue weighted by Gasteiger charge is 2.22. The van der Waals surface area contributed by atoms with E-state index in [4.69, 9.17) is 17.0 Å². The molecule has 1 amide bonds. The van der Waals surface area contributed by atoms with Gasteiger partial charge in [-0.25, -0.2) is 8.42 Å². The number of hydrogen-bond acceptors (Lipinski definition) is 5. The topological polar surface area (TPSA) is 87.7 Å². The molecule has 0 radical (unpaired) electrons. The second kappa shape index (κ2) is 11.9. The van der Waals surface area contributed by atoms with Gasteiger partial charge in [-0.05, 0) is 60.3 Å². The Morgan fingerprint density at radius 2 is 1.66 bits per heavy atom. The van der Waals surface area contributed by atoms with Gasteiger partial charge in [-0.15, -0.1) is 13.2 Å². The fourth-order valence-corrected chi connectivity index (χ4v) is 4.22. The number of benzene rings is 2. The summed E-state index contributed by atoms with van der Waals surface area (Å²) in [5, 5.41) is 5.48. The number of carbonyl (C=O) groups is 1. The molecule has 0 aliphatic heterocycles. The molecule has 0 aromatic heterocycles. The second-order valence-corrected chi connectivity index (χ2v) is 8.82. The van der Waals surface area contributed by atoms with Gasteiger partial charge < -0.3 is 10.1 Å². The van der Waals surface area contributed by atoms with Crippen LogP contribution in [0.3, 0.4) is 0 Å². The van der Waals surface area contributed by atoms with Crippen LogP contribution in [0.1, 0.15) is 5.56 Å². The average molecular weight is 472 g/mol. The molecular weight excluding hydrogens is 446 g/mol. The molecule has 2 aromatic rings. The molecule has 168 valence electrons. The largest absolute Gasteiger partial charge is 0.497 e. The van der Waals surface area contributed by atoms with Gasteiger partial charge in [0.2, 0.25) is 15.9 Å². The summed E-state index contributed by atoms with van der Waals surface area (Å²) in [6.07, 6.45) is 6.04. The summed E-state index contributed by atoms with van der Waals surface area (Å²) in [6.45, 7) is 7.53. The van der Waals surface area contributed by atoms with Crippen molar-refractivity contribution in [2.75, 3.05) is 25.5 Å². The van der Waals surface area contributed by atoms with Gasteiger partial charge in [0.1, 0.15) is 5.75 Å². The van der Waals surface area contributed by atoms with E-state index in [2.05, 4.69) is 23.8 Å². The SMILES string of the molecule is C=CCN(CC=C)S(=O)(=O)c1ccc(NC(=S)NC(=O)/C=C\c2ccc(OC)cc2)cc1. The zero-order valence-corrected chi connectivity index (χ0v) is 19.3. The van der Waals surface area contributed by atoms with Crippen molar-refractivity contribution in [1.82, 2.24) is 9.62 Å². The number of amides is 1. The quantitative estimate of drug-likeness (QED) is 0.313. The molecule has 0 aliphatic rings. The van der Waals surface area contributed by atoms with Crippen LogP contribution in [0.25, 0.3) is 6.08 Å². The lowest BCUT2D eigenvalue weighted by Crippen LogP contribution is -2.33. The third kappa shape index (κ3) is 7.16. The molecule has 0 aliphatic carbocycles. The first-order valence-electron chi connectivity index (χ1n) is 9.56. The van der Waals surface area contributed by atoms with Crippen molar-refractivity contribution in [3.8, 4) is 5.75 Å². The number of ether oxygens (including phenoxy) is 1. The van der Waals surface area contributed by atoms with E-state index in [0.29, 0.717) is 5.69 Å². The van der Waals surface area contributed by atoms with Gasteiger partial charge in [-0.3, -0.25) is 10.1 Å². The molecule has 9 heteroatoms. The van der Waals surface area contributed by atoms with Gasteiger partial charge in [-0.2, -0.15) is 4.31 Å². The summed E-state index contributed by atoms with van der Waals surface area (Å²) >= 11 is 5.15. The van der Waals surface area contributed by atoms with E-state index in [-0.39, 0.29) is 23.1 Å². The van der Waals surface area contributed by atoms with Crippen molar-refractivity contribution < 1.29 is 17.9 Å². The van der Waals surface area contributed by atoms with E-state index in [0.717, 1.165) is 11.3 Å². The predicted molar refractivity (Wildman–Crippen MR) is 132 cm³/mol. The first-order chi connectivity index (χ1) is 15.3. The number of sulfonamides is 1. The van der Waals surface area contributed by atoms with Crippen LogP contribution >= 0.6 is 12.2 Å². The molecule has 0 saturated carbocycles. The number of methoxy groups -OCH3 is 1. The van der Waals surface area contributed by atoms with E-state index in [1.165, 1.54) is 34.7 Å². The summed E-state index contributed by atoms with van der Waals surface area (Å²) in [6, 6.07) is 13.3. The molecule has 0 atom stereocenters. The Kier molecular flexibility index (Phi) is 9.33. The molecule has 0 fully saturated rings. The van der Waals surface area contributed by atoms with E-state index >= 15 is 0 Å². The van der Waals surface area contributed by atoms with Crippen molar-refractivity contribution >= 4 is 45.0 Å². The Hall–Kier alpha value is -3.27. The van der Waals surface area contributed by atoms with Crippen molar-refractivity contribution in [3.63, 3.8) is 0 Å². The number of rotatable bonds is 10. The normalized spacial score (nSPS) is 11.2. The number of thiocarbonyl (C=S) groups is 1. The second-order valence-electron chi connectivity index (χ2n) is 6.47. The van der Waals surface area contributed by atoms with Gasteiger partial charge in [0, 0.05) is 24.9 Å². The number of carbonyl (C=O) groups excluding carboxylic acids is 1. The number of anilines is 1. The van der Waals surface area contributed by atoms with E-state index in [1.54, 1.807) is 37.5 Å². The minimum Gasteiger partial charge on any atom is -0.497 e. The summed E-state index contributed by atoms with van der Waals surface area (Å²) < 4.78 is 31.8. The van der Waals surface area contributed by atoms with Gasteiger partial charge in [0.25, 0.3) is 0 Å². The molecule has 0 heterocycles. The van der Waals surface area contributed by atoms with Gasteiger partial charge >= 0.3 is 0 Å². The fourth-order valence-electron chi connectivity index (χ4n) is 2.62. The monoisotopic (exact) mass is 471 g/mol. The Morgan fingerprint density at radius 3 is 2.19 bits per heavy atom. The maximum atomic E-state index is 12.7. The summed E-state index contributed by atoms with van der Waals surface area (Å²) in [5.74, 6) is 0.326. The molecule has 0 saturated heterocycles. The molecule has 0 unspecified atom stereocenters. The van der Waals surface area contributed by atoms with Crippen LogP contribution < -0.4 is 15.4 Å². The smallest absolute Gasteiger partial charge is 0.250 e. The van der Waals surface area contributed by atoms with Crippen molar-refractivity contribution in [3.05, 3.63) is 85.5 Å². The van der Waals surface area contributed by atoms with E-state index < -0.39 is 15.9 Å². The van der Waals surface area contributed by atoms with Crippen molar-refractivity contribution in [2.45, 2.75) is 4.90 Å². The van der Waals surface area contributed by atoms with Crippen LogP contribution in [-0.4, -0.2) is 43.9 Å².